The topological polar surface area (TPSA) is 52.3 Å². The van der Waals surface area contributed by atoms with Crippen molar-refractivity contribution in [2.24, 2.45) is 0 Å². The molecular formula is C11H13NO2. The summed E-state index contributed by atoms with van der Waals surface area (Å²) in [6.45, 7) is 5.52. The van der Waals surface area contributed by atoms with Crippen molar-refractivity contribution in [2.75, 3.05) is 12.3 Å². The SMILES string of the molecule is C=CCOC(=O)c1cc(N)ccc1C. The van der Waals surface area contributed by atoms with Crippen LogP contribution in [0.25, 0.3) is 0 Å². The summed E-state index contributed by atoms with van der Waals surface area (Å²) < 4.78 is 4.90. The summed E-state index contributed by atoms with van der Waals surface area (Å²) in [5.41, 5.74) is 7.48. The van der Waals surface area contributed by atoms with E-state index in [1.165, 1.54) is 6.08 Å². The maximum absolute atomic E-state index is 11.5. The maximum atomic E-state index is 11.5. The highest BCUT2D eigenvalue weighted by Gasteiger charge is 2.09. The first-order valence-corrected chi connectivity index (χ1v) is 4.29. The van der Waals surface area contributed by atoms with Crippen molar-refractivity contribution in [2.45, 2.75) is 6.92 Å². The lowest BCUT2D eigenvalue weighted by Crippen LogP contribution is -2.07. The number of carbonyl (C=O) groups is 1. The smallest absolute Gasteiger partial charge is 0.338 e. The van der Waals surface area contributed by atoms with Gasteiger partial charge in [0.1, 0.15) is 6.61 Å². The molecule has 0 aliphatic rings. The molecule has 0 bridgehead atoms. The van der Waals surface area contributed by atoms with Crippen LogP contribution in [0.15, 0.2) is 30.9 Å². The normalized spacial score (nSPS) is 9.50. The molecule has 0 fully saturated rings. The number of hydrogen-bond donors (Lipinski definition) is 1. The second-order valence-electron chi connectivity index (χ2n) is 2.96. The van der Waals surface area contributed by atoms with Crippen LogP contribution in [-0.2, 0) is 4.74 Å². The van der Waals surface area contributed by atoms with E-state index in [-0.39, 0.29) is 12.6 Å². The maximum Gasteiger partial charge on any atom is 0.338 e. The molecule has 1 rings (SSSR count). The van der Waals surface area contributed by atoms with Crippen molar-refractivity contribution in [3.63, 3.8) is 0 Å². The molecule has 2 N–H and O–H groups in total. The number of anilines is 1. The van der Waals surface area contributed by atoms with Crippen LogP contribution in [0.1, 0.15) is 15.9 Å². The second-order valence-corrected chi connectivity index (χ2v) is 2.96. The molecule has 1 aromatic carbocycles. The lowest BCUT2D eigenvalue weighted by Gasteiger charge is -2.05. The summed E-state index contributed by atoms with van der Waals surface area (Å²) in [5.74, 6) is -0.366. The highest BCUT2D eigenvalue weighted by molar-refractivity contribution is 5.92. The molecule has 0 atom stereocenters. The van der Waals surface area contributed by atoms with Gasteiger partial charge in [-0.2, -0.15) is 0 Å². The zero-order valence-corrected chi connectivity index (χ0v) is 8.12. The van der Waals surface area contributed by atoms with Gasteiger partial charge in [0, 0.05) is 5.69 Å². The minimum absolute atomic E-state index is 0.215. The van der Waals surface area contributed by atoms with Gasteiger partial charge in [-0.25, -0.2) is 4.79 Å². The Morgan fingerprint density at radius 3 is 3.00 bits per heavy atom. The lowest BCUT2D eigenvalue weighted by molar-refractivity contribution is 0.0549. The number of ether oxygens (including phenoxy) is 1. The van der Waals surface area contributed by atoms with Crippen LogP contribution < -0.4 is 5.73 Å². The summed E-state index contributed by atoms with van der Waals surface area (Å²) in [6.07, 6.45) is 1.53. The van der Waals surface area contributed by atoms with Gasteiger partial charge in [-0.15, -0.1) is 0 Å². The average molecular weight is 191 g/mol. The molecule has 74 valence electrons. The van der Waals surface area contributed by atoms with E-state index < -0.39 is 0 Å². The number of hydrogen-bond acceptors (Lipinski definition) is 3. The van der Waals surface area contributed by atoms with E-state index >= 15 is 0 Å². The number of aryl methyl sites for hydroxylation is 1. The van der Waals surface area contributed by atoms with E-state index in [1.54, 1.807) is 18.2 Å². The molecule has 3 heteroatoms. The van der Waals surface area contributed by atoms with Crippen LogP contribution >= 0.6 is 0 Å². The predicted molar refractivity (Wildman–Crippen MR) is 56.1 cm³/mol. The number of carbonyl (C=O) groups excluding carboxylic acids is 1. The molecule has 0 saturated heterocycles. The Labute approximate surface area is 83.2 Å². The molecule has 0 amide bonds. The van der Waals surface area contributed by atoms with Gasteiger partial charge in [0.2, 0.25) is 0 Å². The zero-order chi connectivity index (χ0) is 10.6. The second kappa shape index (κ2) is 4.46. The standard InChI is InChI=1S/C11H13NO2/c1-3-6-14-11(13)10-7-9(12)5-4-8(10)2/h3-5,7H,1,6,12H2,2H3. The van der Waals surface area contributed by atoms with Crippen molar-refractivity contribution in [3.05, 3.63) is 42.0 Å². The van der Waals surface area contributed by atoms with Gasteiger partial charge in [-0.1, -0.05) is 18.7 Å². The Morgan fingerprint density at radius 2 is 2.36 bits per heavy atom. The Morgan fingerprint density at radius 1 is 1.64 bits per heavy atom. The first-order chi connectivity index (χ1) is 6.65. The molecule has 0 spiro atoms. The number of rotatable bonds is 3. The average Bonchev–Trinajstić information content (AvgIpc) is 2.18. The fraction of sp³-hybridized carbons (Fsp3) is 0.182. The van der Waals surface area contributed by atoms with Crippen LogP contribution in [0.2, 0.25) is 0 Å². The molecule has 0 unspecified atom stereocenters. The molecule has 1 aromatic rings. The Kier molecular flexibility index (Phi) is 3.29. The van der Waals surface area contributed by atoms with E-state index in [0.29, 0.717) is 11.3 Å². The number of benzene rings is 1. The highest BCUT2D eigenvalue weighted by Crippen LogP contribution is 2.13. The summed E-state index contributed by atoms with van der Waals surface area (Å²) in [7, 11) is 0. The van der Waals surface area contributed by atoms with Gasteiger partial charge in [0.25, 0.3) is 0 Å². The molecule has 0 saturated carbocycles. The van der Waals surface area contributed by atoms with Crippen molar-refractivity contribution in [1.82, 2.24) is 0 Å². The summed E-state index contributed by atoms with van der Waals surface area (Å²) >= 11 is 0. The number of nitrogen functional groups attached to an aromatic ring is 1. The predicted octanol–water partition coefficient (Wildman–Crippen LogP) is 1.92. The lowest BCUT2D eigenvalue weighted by atomic mass is 10.1. The number of nitrogens with two attached hydrogens (primary N) is 1. The summed E-state index contributed by atoms with van der Waals surface area (Å²) in [6, 6.07) is 5.15. The van der Waals surface area contributed by atoms with Crippen LogP contribution in [0, 0.1) is 6.92 Å². The summed E-state index contributed by atoms with van der Waals surface area (Å²) in [5, 5.41) is 0. The van der Waals surface area contributed by atoms with E-state index in [2.05, 4.69) is 6.58 Å². The van der Waals surface area contributed by atoms with Gasteiger partial charge >= 0.3 is 5.97 Å². The van der Waals surface area contributed by atoms with Crippen molar-refractivity contribution in [3.8, 4) is 0 Å². The van der Waals surface area contributed by atoms with Gasteiger partial charge in [0.05, 0.1) is 5.56 Å². The Balaban J connectivity index is 2.88. The molecule has 0 aliphatic heterocycles. The van der Waals surface area contributed by atoms with Gasteiger partial charge in [0.15, 0.2) is 0 Å². The zero-order valence-electron chi connectivity index (χ0n) is 8.12. The molecule has 0 heterocycles. The molecule has 0 aromatic heterocycles. The first-order valence-electron chi connectivity index (χ1n) is 4.29. The van der Waals surface area contributed by atoms with Gasteiger partial charge in [-0.05, 0) is 24.6 Å². The van der Waals surface area contributed by atoms with Crippen LogP contribution in [0.3, 0.4) is 0 Å². The summed E-state index contributed by atoms with van der Waals surface area (Å²) in [4.78, 5) is 11.5. The van der Waals surface area contributed by atoms with Crippen molar-refractivity contribution < 1.29 is 9.53 Å². The molecule has 14 heavy (non-hydrogen) atoms. The number of esters is 1. The quantitative estimate of drug-likeness (QED) is 0.451. The monoisotopic (exact) mass is 191 g/mol. The Bertz CT molecular complexity index is 358. The minimum Gasteiger partial charge on any atom is -0.458 e. The van der Waals surface area contributed by atoms with E-state index in [9.17, 15) is 4.79 Å². The highest BCUT2D eigenvalue weighted by atomic mass is 16.5. The molecule has 3 nitrogen and oxygen atoms in total. The van der Waals surface area contributed by atoms with Gasteiger partial charge in [-0.3, -0.25) is 0 Å². The van der Waals surface area contributed by atoms with Crippen LogP contribution in [-0.4, -0.2) is 12.6 Å². The minimum atomic E-state index is -0.366. The third-order valence-corrected chi connectivity index (χ3v) is 1.81. The van der Waals surface area contributed by atoms with E-state index in [0.717, 1.165) is 5.56 Å². The molecule has 0 radical (unpaired) electrons. The van der Waals surface area contributed by atoms with Crippen LogP contribution in [0.4, 0.5) is 5.69 Å². The van der Waals surface area contributed by atoms with Crippen LogP contribution in [0.5, 0.6) is 0 Å². The Hall–Kier alpha value is -1.77. The van der Waals surface area contributed by atoms with Gasteiger partial charge < -0.3 is 10.5 Å². The fourth-order valence-electron chi connectivity index (χ4n) is 1.07. The molecule has 0 aliphatic carbocycles. The van der Waals surface area contributed by atoms with E-state index in [4.69, 9.17) is 10.5 Å². The molecular weight excluding hydrogens is 178 g/mol. The third-order valence-electron chi connectivity index (χ3n) is 1.81. The largest absolute Gasteiger partial charge is 0.458 e. The van der Waals surface area contributed by atoms with E-state index in [1.807, 2.05) is 6.92 Å². The van der Waals surface area contributed by atoms with Crippen molar-refractivity contribution in [1.29, 1.82) is 0 Å². The third kappa shape index (κ3) is 2.36. The first kappa shape index (κ1) is 10.3. The fourth-order valence-corrected chi connectivity index (χ4v) is 1.07. The van der Waals surface area contributed by atoms with Crippen molar-refractivity contribution >= 4 is 11.7 Å².